The lowest BCUT2D eigenvalue weighted by molar-refractivity contribution is 0.0951. The molecule has 0 bridgehead atoms. The van der Waals surface area contributed by atoms with Crippen molar-refractivity contribution in [3.05, 3.63) is 70.8 Å². The normalized spacial score (nSPS) is 9.62. The number of carbonyl (C=O) groups excluding carboxylic acids is 1. The molecule has 0 aliphatic rings. The van der Waals surface area contributed by atoms with Crippen LogP contribution < -0.4 is 11.1 Å². The maximum Gasteiger partial charge on any atom is 0.251 e. The third-order valence-corrected chi connectivity index (χ3v) is 3.03. The number of nitrogens with two attached hydrogens (primary N) is 1. The Morgan fingerprint density at radius 1 is 1.19 bits per heavy atom. The van der Waals surface area contributed by atoms with Gasteiger partial charge >= 0.3 is 0 Å². The first kappa shape index (κ1) is 14.8. The first-order valence-electron chi connectivity index (χ1n) is 6.82. The molecular formula is C18H18N2O. The molecule has 3 N–H and O–H groups in total. The monoisotopic (exact) mass is 278 g/mol. The minimum absolute atomic E-state index is 0.105. The van der Waals surface area contributed by atoms with Gasteiger partial charge in [0, 0.05) is 17.7 Å². The van der Waals surface area contributed by atoms with E-state index < -0.39 is 0 Å². The second-order valence-electron chi connectivity index (χ2n) is 4.75. The van der Waals surface area contributed by atoms with Crippen LogP contribution in [-0.4, -0.2) is 12.5 Å². The molecular weight excluding hydrogens is 260 g/mol. The molecule has 2 rings (SSSR count). The highest BCUT2D eigenvalue weighted by molar-refractivity contribution is 5.94. The van der Waals surface area contributed by atoms with Crippen molar-refractivity contribution in [1.29, 1.82) is 0 Å². The van der Waals surface area contributed by atoms with Crippen LogP contribution in [0.4, 0.5) is 0 Å². The predicted molar refractivity (Wildman–Crippen MR) is 84.7 cm³/mol. The summed E-state index contributed by atoms with van der Waals surface area (Å²) in [5.74, 6) is 5.60. The number of benzene rings is 2. The van der Waals surface area contributed by atoms with Crippen LogP contribution >= 0.6 is 0 Å². The van der Waals surface area contributed by atoms with Gasteiger partial charge in [0.2, 0.25) is 0 Å². The Hall–Kier alpha value is -2.57. The van der Waals surface area contributed by atoms with Crippen molar-refractivity contribution >= 4 is 5.91 Å². The number of hydrogen-bond donors (Lipinski definition) is 2. The largest absolute Gasteiger partial charge is 0.348 e. The molecule has 0 spiro atoms. The number of rotatable bonds is 3. The number of hydrogen-bond acceptors (Lipinski definition) is 2. The van der Waals surface area contributed by atoms with Crippen LogP contribution in [0.15, 0.2) is 48.5 Å². The van der Waals surface area contributed by atoms with E-state index in [1.165, 1.54) is 5.56 Å². The van der Waals surface area contributed by atoms with Gasteiger partial charge in [0.15, 0.2) is 0 Å². The zero-order chi connectivity index (χ0) is 15.1. The molecule has 0 aliphatic heterocycles. The Kier molecular flexibility index (Phi) is 5.14. The Labute approximate surface area is 125 Å². The zero-order valence-corrected chi connectivity index (χ0v) is 12.0. The second-order valence-corrected chi connectivity index (χ2v) is 4.75. The van der Waals surface area contributed by atoms with E-state index in [4.69, 9.17) is 5.73 Å². The molecule has 21 heavy (non-hydrogen) atoms. The van der Waals surface area contributed by atoms with Crippen LogP contribution in [0.3, 0.4) is 0 Å². The van der Waals surface area contributed by atoms with Crippen LogP contribution in [0.5, 0.6) is 0 Å². The van der Waals surface area contributed by atoms with Crippen molar-refractivity contribution in [2.24, 2.45) is 5.73 Å². The van der Waals surface area contributed by atoms with Gasteiger partial charge in [-0.3, -0.25) is 4.79 Å². The fourth-order valence-corrected chi connectivity index (χ4v) is 1.88. The van der Waals surface area contributed by atoms with Crippen LogP contribution in [0, 0.1) is 18.8 Å². The van der Waals surface area contributed by atoms with E-state index >= 15 is 0 Å². The molecule has 0 atom stereocenters. The van der Waals surface area contributed by atoms with Crippen molar-refractivity contribution in [1.82, 2.24) is 5.32 Å². The highest BCUT2D eigenvalue weighted by Crippen LogP contribution is 2.06. The molecule has 1 amide bonds. The SMILES string of the molecule is Cc1ccc(CNC(=O)c2cccc(C#CCN)c2)cc1. The molecule has 2 aromatic carbocycles. The van der Waals surface area contributed by atoms with Crippen LogP contribution in [-0.2, 0) is 6.54 Å². The molecule has 0 saturated heterocycles. The number of amides is 1. The van der Waals surface area contributed by atoms with E-state index in [1.54, 1.807) is 12.1 Å². The molecule has 106 valence electrons. The summed E-state index contributed by atoms with van der Waals surface area (Å²) in [6.07, 6.45) is 0. The molecule has 3 nitrogen and oxygen atoms in total. The van der Waals surface area contributed by atoms with Gasteiger partial charge in [0.25, 0.3) is 5.91 Å². The molecule has 0 radical (unpaired) electrons. The molecule has 0 aromatic heterocycles. The van der Waals surface area contributed by atoms with Crippen molar-refractivity contribution in [2.45, 2.75) is 13.5 Å². The van der Waals surface area contributed by atoms with Crippen LogP contribution in [0.1, 0.15) is 27.0 Å². The van der Waals surface area contributed by atoms with E-state index in [9.17, 15) is 4.79 Å². The minimum atomic E-state index is -0.105. The average Bonchev–Trinajstić information content (AvgIpc) is 2.52. The van der Waals surface area contributed by atoms with Crippen molar-refractivity contribution in [2.75, 3.05) is 6.54 Å². The molecule has 3 heteroatoms. The number of carbonyl (C=O) groups is 1. The van der Waals surface area contributed by atoms with Crippen LogP contribution in [0.2, 0.25) is 0 Å². The lowest BCUT2D eigenvalue weighted by Gasteiger charge is -2.06. The Morgan fingerprint density at radius 3 is 2.67 bits per heavy atom. The molecule has 0 heterocycles. The molecule has 0 fully saturated rings. The van der Waals surface area contributed by atoms with Gasteiger partial charge in [-0.05, 0) is 30.7 Å². The summed E-state index contributed by atoms with van der Waals surface area (Å²) >= 11 is 0. The van der Waals surface area contributed by atoms with Gasteiger partial charge in [-0.15, -0.1) is 0 Å². The third kappa shape index (κ3) is 4.48. The van der Waals surface area contributed by atoms with Crippen molar-refractivity contribution in [3.8, 4) is 11.8 Å². The summed E-state index contributed by atoms with van der Waals surface area (Å²) in [6.45, 7) is 2.86. The Balaban J connectivity index is 2.01. The predicted octanol–water partition coefficient (Wildman–Crippen LogP) is 2.24. The standard InChI is InChI=1S/C18H18N2O/c1-14-7-9-16(10-8-14)13-20-18(21)17-6-2-4-15(12-17)5-3-11-19/h2,4,6-10,12H,11,13,19H2,1H3,(H,20,21). The summed E-state index contributed by atoms with van der Waals surface area (Å²) in [4.78, 5) is 12.1. The number of nitrogens with one attached hydrogen (secondary N) is 1. The van der Waals surface area contributed by atoms with Crippen molar-refractivity contribution in [3.63, 3.8) is 0 Å². The molecule has 0 unspecified atom stereocenters. The minimum Gasteiger partial charge on any atom is -0.348 e. The summed E-state index contributed by atoms with van der Waals surface area (Å²) in [5.41, 5.74) is 9.02. The lowest BCUT2D eigenvalue weighted by atomic mass is 10.1. The second kappa shape index (κ2) is 7.28. The third-order valence-electron chi connectivity index (χ3n) is 3.03. The molecule has 0 aliphatic carbocycles. The van der Waals surface area contributed by atoms with Gasteiger partial charge in [-0.1, -0.05) is 47.7 Å². The topological polar surface area (TPSA) is 55.1 Å². The fourth-order valence-electron chi connectivity index (χ4n) is 1.88. The van der Waals surface area contributed by atoms with Gasteiger partial charge in [0.05, 0.1) is 6.54 Å². The summed E-state index contributed by atoms with van der Waals surface area (Å²) in [5, 5.41) is 2.91. The van der Waals surface area contributed by atoms with E-state index in [2.05, 4.69) is 17.2 Å². The van der Waals surface area contributed by atoms with Gasteiger partial charge in [-0.2, -0.15) is 0 Å². The summed E-state index contributed by atoms with van der Waals surface area (Å²) in [6, 6.07) is 15.3. The Bertz CT molecular complexity index is 678. The highest BCUT2D eigenvalue weighted by Gasteiger charge is 2.05. The first-order chi connectivity index (χ1) is 10.2. The van der Waals surface area contributed by atoms with Crippen LogP contribution in [0.25, 0.3) is 0 Å². The van der Waals surface area contributed by atoms with Crippen molar-refractivity contribution < 1.29 is 4.79 Å². The highest BCUT2D eigenvalue weighted by atomic mass is 16.1. The first-order valence-corrected chi connectivity index (χ1v) is 6.82. The molecule has 0 saturated carbocycles. The maximum atomic E-state index is 12.1. The van der Waals surface area contributed by atoms with E-state index in [1.807, 2.05) is 43.3 Å². The quantitative estimate of drug-likeness (QED) is 0.846. The molecule has 2 aromatic rings. The van der Waals surface area contributed by atoms with E-state index in [0.717, 1.165) is 11.1 Å². The average molecular weight is 278 g/mol. The maximum absolute atomic E-state index is 12.1. The summed E-state index contributed by atoms with van der Waals surface area (Å²) in [7, 11) is 0. The fraction of sp³-hybridized carbons (Fsp3) is 0.167. The Morgan fingerprint density at radius 2 is 1.95 bits per heavy atom. The summed E-state index contributed by atoms with van der Waals surface area (Å²) < 4.78 is 0. The van der Waals surface area contributed by atoms with Gasteiger partial charge in [0.1, 0.15) is 0 Å². The number of aryl methyl sites for hydroxylation is 1. The van der Waals surface area contributed by atoms with E-state index in [-0.39, 0.29) is 5.91 Å². The van der Waals surface area contributed by atoms with Gasteiger partial charge < -0.3 is 11.1 Å². The van der Waals surface area contributed by atoms with E-state index in [0.29, 0.717) is 18.7 Å². The zero-order valence-electron chi connectivity index (χ0n) is 12.0. The smallest absolute Gasteiger partial charge is 0.251 e. The lowest BCUT2D eigenvalue weighted by Crippen LogP contribution is -2.22. The van der Waals surface area contributed by atoms with Gasteiger partial charge in [-0.25, -0.2) is 0 Å².